The van der Waals surface area contributed by atoms with E-state index in [1.807, 2.05) is 6.92 Å². The molecule has 2 unspecified atom stereocenters. The van der Waals surface area contributed by atoms with Gasteiger partial charge in [-0.1, -0.05) is 6.92 Å². The van der Waals surface area contributed by atoms with Gasteiger partial charge in [-0.15, -0.1) is 0 Å². The summed E-state index contributed by atoms with van der Waals surface area (Å²) in [5, 5.41) is 7.00. The molecule has 0 spiro atoms. The van der Waals surface area contributed by atoms with Crippen LogP contribution < -0.4 is 4.72 Å². The maximum atomic E-state index is 10.0. The Morgan fingerprint density at radius 1 is 1.75 bits per heavy atom. The maximum absolute atomic E-state index is 10.0. The highest BCUT2D eigenvalue weighted by molar-refractivity contribution is 8.32. The Morgan fingerprint density at radius 3 is 2.12 bits per heavy atom. The standard InChI is InChI=1S/C2H8NOPS.CH4O/c1-2-3-6(4)5;1-2/h3H,2,5H2,1H3;2H,1H3. The van der Waals surface area contributed by atoms with Crippen molar-refractivity contribution >= 4 is 19.0 Å². The molecule has 0 aliphatic carbocycles. The Kier molecular flexibility index (Phi) is 14.8. The van der Waals surface area contributed by atoms with Gasteiger partial charge in [0.25, 0.3) is 0 Å². The third-order valence-electron chi connectivity index (χ3n) is 0.287. The zero-order valence-electron chi connectivity index (χ0n) is 5.05. The van der Waals surface area contributed by atoms with Crippen LogP contribution in [0.5, 0.6) is 0 Å². The van der Waals surface area contributed by atoms with E-state index in [2.05, 4.69) is 13.2 Å². The molecule has 52 valence electrons. The van der Waals surface area contributed by atoms with Gasteiger partial charge in [-0.05, 0) is 8.44 Å². The van der Waals surface area contributed by atoms with Gasteiger partial charge in [0.2, 0.25) is 0 Å². The molecule has 2 N–H and O–H groups in total. The lowest BCUT2D eigenvalue weighted by Crippen LogP contribution is -2.09. The molecule has 2 atom stereocenters. The lowest BCUT2D eigenvalue weighted by Gasteiger charge is -1.87. The van der Waals surface area contributed by atoms with Crippen LogP contribution in [0.15, 0.2) is 0 Å². The van der Waals surface area contributed by atoms with E-state index in [9.17, 15) is 4.21 Å². The molecule has 0 fully saturated rings. The predicted molar refractivity (Wildman–Crippen MR) is 39.7 cm³/mol. The molecular formula is C3H12NO2PS. The molecule has 0 amide bonds. The highest BCUT2D eigenvalue weighted by Gasteiger charge is 1.77. The molecule has 0 heterocycles. The molecule has 0 radical (unpaired) electrons. The monoisotopic (exact) mass is 157 g/mol. The molecule has 0 aromatic heterocycles. The Labute approximate surface area is 54.4 Å². The lowest BCUT2D eigenvalue weighted by molar-refractivity contribution is 0.399. The van der Waals surface area contributed by atoms with Gasteiger partial charge in [0.05, 0.1) is 0 Å². The van der Waals surface area contributed by atoms with Crippen molar-refractivity contribution in [3.8, 4) is 0 Å². The number of aliphatic hydroxyl groups is 1. The highest BCUT2D eigenvalue weighted by Crippen LogP contribution is 1.82. The summed E-state index contributed by atoms with van der Waals surface area (Å²) in [5.74, 6) is 0. The van der Waals surface area contributed by atoms with E-state index in [4.69, 9.17) is 5.11 Å². The number of hydrogen-bond donors (Lipinski definition) is 2. The minimum Gasteiger partial charge on any atom is -0.400 e. The van der Waals surface area contributed by atoms with E-state index in [0.717, 1.165) is 13.7 Å². The number of hydrogen-bond acceptors (Lipinski definition) is 2. The van der Waals surface area contributed by atoms with Crippen LogP contribution in [0, 0.1) is 0 Å². The Hall–Kier alpha value is 0.500. The zero-order chi connectivity index (χ0) is 6.99. The molecule has 5 heteroatoms. The van der Waals surface area contributed by atoms with E-state index < -0.39 is 10.6 Å². The normalized spacial score (nSPS) is 11.5. The van der Waals surface area contributed by atoms with Gasteiger partial charge >= 0.3 is 0 Å². The first-order valence-corrected chi connectivity index (χ1v) is 4.74. The molecule has 0 aromatic rings. The molecule has 0 saturated carbocycles. The second kappa shape index (κ2) is 10.5. The van der Waals surface area contributed by atoms with E-state index in [-0.39, 0.29) is 0 Å². The fourth-order valence-corrected chi connectivity index (χ4v) is 0.927. The van der Waals surface area contributed by atoms with Gasteiger partial charge in [-0.2, -0.15) is 0 Å². The van der Waals surface area contributed by atoms with Crippen LogP contribution in [0.1, 0.15) is 6.92 Å². The average Bonchev–Trinajstić information content (AvgIpc) is 1.72. The summed E-state index contributed by atoms with van der Waals surface area (Å²) in [6.07, 6.45) is 0. The van der Waals surface area contributed by atoms with Crippen LogP contribution in [0.2, 0.25) is 0 Å². The fraction of sp³-hybridized carbons (Fsp3) is 1.00. The van der Waals surface area contributed by atoms with Gasteiger partial charge in [0.15, 0.2) is 0 Å². The van der Waals surface area contributed by atoms with Gasteiger partial charge < -0.3 is 5.11 Å². The van der Waals surface area contributed by atoms with Gasteiger partial charge in [-0.3, -0.25) is 0 Å². The quantitative estimate of drug-likeness (QED) is 0.539. The van der Waals surface area contributed by atoms with E-state index in [1.54, 1.807) is 0 Å². The summed E-state index contributed by atoms with van der Waals surface area (Å²) in [5.41, 5.74) is 0. The SMILES string of the molecule is CCNS(=O)P.CO. The highest BCUT2D eigenvalue weighted by atomic mass is 32.7. The van der Waals surface area contributed by atoms with Crippen molar-refractivity contribution in [2.24, 2.45) is 0 Å². The van der Waals surface area contributed by atoms with Crippen molar-refractivity contribution in [3.05, 3.63) is 0 Å². The fourth-order valence-electron chi connectivity index (χ4n) is 0.142. The van der Waals surface area contributed by atoms with Crippen molar-refractivity contribution in [2.45, 2.75) is 6.92 Å². The molecule has 8 heavy (non-hydrogen) atoms. The predicted octanol–water partition coefficient (Wildman–Crippen LogP) is -0.342. The van der Waals surface area contributed by atoms with Crippen LogP contribution in [-0.2, 0) is 10.6 Å². The number of nitrogens with one attached hydrogen (secondary N) is 1. The van der Waals surface area contributed by atoms with Crippen LogP contribution in [0.4, 0.5) is 0 Å². The molecule has 0 aliphatic rings. The van der Waals surface area contributed by atoms with E-state index >= 15 is 0 Å². The summed E-state index contributed by atoms with van der Waals surface area (Å²) in [6.45, 7) is 2.66. The second-order valence-electron chi connectivity index (χ2n) is 0.795. The van der Waals surface area contributed by atoms with Crippen molar-refractivity contribution < 1.29 is 9.32 Å². The Morgan fingerprint density at radius 2 is 2.12 bits per heavy atom. The summed E-state index contributed by atoms with van der Waals surface area (Å²) in [4.78, 5) is 0. The van der Waals surface area contributed by atoms with Crippen molar-refractivity contribution in [3.63, 3.8) is 0 Å². The maximum Gasteiger partial charge on any atom is 0.107 e. The summed E-state index contributed by atoms with van der Waals surface area (Å²) >= 11 is 0. The number of aliphatic hydroxyl groups excluding tert-OH is 1. The van der Waals surface area contributed by atoms with Crippen LogP contribution in [0.3, 0.4) is 0 Å². The first-order valence-electron chi connectivity index (χ1n) is 2.11. The van der Waals surface area contributed by atoms with Gasteiger partial charge in [-0.25, -0.2) is 8.93 Å². The summed E-state index contributed by atoms with van der Waals surface area (Å²) in [6, 6.07) is 0. The molecular weight excluding hydrogens is 145 g/mol. The van der Waals surface area contributed by atoms with Crippen molar-refractivity contribution in [2.75, 3.05) is 13.7 Å². The van der Waals surface area contributed by atoms with Crippen molar-refractivity contribution in [1.82, 2.24) is 4.72 Å². The molecule has 0 aromatic carbocycles. The van der Waals surface area contributed by atoms with E-state index in [0.29, 0.717) is 0 Å². The smallest absolute Gasteiger partial charge is 0.107 e. The largest absolute Gasteiger partial charge is 0.400 e. The third-order valence-corrected chi connectivity index (χ3v) is 1.36. The molecule has 0 aliphatic heterocycles. The minimum atomic E-state index is -0.899. The first kappa shape index (κ1) is 11.3. The Bertz CT molecular complexity index is 61.2. The molecule has 3 nitrogen and oxygen atoms in total. The second-order valence-corrected chi connectivity index (χ2v) is 2.96. The van der Waals surface area contributed by atoms with Gasteiger partial charge in [0, 0.05) is 13.7 Å². The zero-order valence-corrected chi connectivity index (χ0v) is 7.02. The topological polar surface area (TPSA) is 49.3 Å². The van der Waals surface area contributed by atoms with Crippen molar-refractivity contribution in [1.29, 1.82) is 0 Å². The summed E-state index contributed by atoms with van der Waals surface area (Å²) < 4.78 is 12.7. The minimum absolute atomic E-state index is 0.760. The van der Waals surface area contributed by atoms with Crippen LogP contribution in [-0.4, -0.2) is 23.0 Å². The molecule has 0 rings (SSSR count). The average molecular weight is 157 g/mol. The van der Waals surface area contributed by atoms with Crippen LogP contribution in [0.25, 0.3) is 0 Å². The lowest BCUT2D eigenvalue weighted by atomic mass is 10.8. The third kappa shape index (κ3) is 16.1. The van der Waals surface area contributed by atoms with E-state index in [1.165, 1.54) is 0 Å². The first-order chi connectivity index (χ1) is 3.77. The Balaban J connectivity index is 0. The molecule has 0 saturated heterocycles. The van der Waals surface area contributed by atoms with Gasteiger partial charge in [0.1, 0.15) is 10.6 Å². The number of rotatable bonds is 2. The van der Waals surface area contributed by atoms with Crippen LogP contribution >= 0.6 is 8.44 Å². The molecule has 0 bridgehead atoms. The summed E-state index contributed by atoms with van der Waals surface area (Å²) in [7, 11) is 2.24.